The van der Waals surface area contributed by atoms with E-state index in [9.17, 15) is 29.4 Å². The number of hydrogen-bond donors (Lipinski definition) is 4. The van der Waals surface area contributed by atoms with Crippen LogP contribution in [0.3, 0.4) is 0 Å². The van der Waals surface area contributed by atoms with E-state index >= 15 is 0 Å². The number of ether oxygens (including phenoxy) is 3. The minimum atomic E-state index is -1.63. The molecule has 1 aromatic carbocycles. The van der Waals surface area contributed by atoms with Gasteiger partial charge in [0, 0.05) is 5.56 Å². The minimum absolute atomic E-state index is 0.00676. The lowest BCUT2D eigenvalue weighted by molar-refractivity contribution is 0.0559. The zero-order valence-corrected chi connectivity index (χ0v) is 17.3. The van der Waals surface area contributed by atoms with Gasteiger partial charge in [-0.1, -0.05) is 6.07 Å². The highest BCUT2D eigenvalue weighted by Gasteiger charge is 2.27. The molecule has 5 N–H and O–H groups in total. The number of aromatic carboxylic acids is 2. The van der Waals surface area contributed by atoms with E-state index in [2.05, 4.69) is 4.74 Å². The molecule has 0 aliphatic heterocycles. The monoisotopic (exact) mass is 458 g/mol. The molecule has 3 aromatic rings. The van der Waals surface area contributed by atoms with Crippen LogP contribution in [-0.2, 0) is 11.3 Å². The number of anilines is 1. The van der Waals surface area contributed by atoms with Crippen molar-refractivity contribution in [1.29, 1.82) is 0 Å². The number of nitrogens with two attached hydrogens (primary N) is 1. The van der Waals surface area contributed by atoms with Gasteiger partial charge in [0.05, 0.1) is 14.2 Å². The van der Waals surface area contributed by atoms with Crippen molar-refractivity contribution >= 4 is 23.7 Å². The quantitative estimate of drug-likeness (QED) is 0.361. The molecule has 0 amide bonds. The van der Waals surface area contributed by atoms with Crippen LogP contribution in [0.1, 0.15) is 37.0 Å². The van der Waals surface area contributed by atoms with Gasteiger partial charge in [-0.05, 0) is 29.8 Å². The van der Waals surface area contributed by atoms with Crippen molar-refractivity contribution in [3.63, 3.8) is 0 Å². The Morgan fingerprint density at radius 3 is 2.33 bits per heavy atom. The van der Waals surface area contributed by atoms with Crippen LogP contribution >= 0.6 is 0 Å². The van der Waals surface area contributed by atoms with Gasteiger partial charge < -0.3 is 39.6 Å². The van der Waals surface area contributed by atoms with Crippen LogP contribution in [0.2, 0.25) is 0 Å². The van der Waals surface area contributed by atoms with E-state index in [0.717, 1.165) is 0 Å². The molecule has 0 aliphatic rings. The second kappa shape index (κ2) is 9.18. The Morgan fingerprint density at radius 1 is 1.03 bits per heavy atom. The Morgan fingerprint density at radius 2 is 1.73 bits per heavy atom. The van der Waals surface area contributed by atoms with E-state index in [1.807, 2.05) is 4.98 Å². The Kier molecular flexibility index (Phi) is 6.38. The number of esters is 1. The summed E-state index contributed by atoms with van der Waals surface area (Å²) in [5, 5.41) is 19.1. The third kappa shape index (κ3) is 4.49. The minimum Gasteiger partial charge on any atom is -0.493 e. The molecule has 172 valence electrons. The number of rotatable bonds is 8. The van der Waals surface area contributed by atoms with Crippen LogP contribution in [0.15, 0.2) is 39.5 Å². The van der Waals surface area contributed by atoms with Gasteiger partial charge in [-0.3, -0.25) is 4.79 Å². The number of carboxylic acids is 2. The van der Waals surface area contributed by atoms with Gasteiger partial charge in [-0.25, -0.2) is 14.4 Å². The van der Waals surface area contributed by atoms with Crippen molar-refractivity contribution in [2.75, 3.05) is 20.0 Å². The number of carbonyl (C=O) groups excluding carboxylic acids is 1. The lowest BCUT2D eigenvalue weighted by Crippen LogP contribution is -2.24. The molecule has 2 heterocycles. The van der Waals surface area contributed by atoms with Gasteiger partial charge >= 0.3 is 17.9 Å². The number of H-pyrrole nitrogens is 1. The predicted octanol–water partition coefficient (Wildman–Crippen LogP) is 1.99. The number of aromatic amines is 1. The van der Waals surface area contributed by atoms with Crippen LogP contribution in [0.5, 0.6) is 11.5 Å². The zero-order chi connectivity index (χ0) is 24.3. The zero-order valence-electron chi connectivity index (χ0n) is 17.3. The van der Waals surface area contributed by atoms with Gasteiger partial charge in [0.15, 0.2) is 11.5 Å². The van der Waals surface area contributed by atoms with Crippen LogP contribution in [0, 0.1) is 0 Å². The number of benzene rings is 1. The first-order chi connectivity index (χ1) is 15.7. The lowest BCUT2D eigenvalue weighted by atomic mass is 9.95. The third-order valence-corrected chi connectivity index (χ3v) is 4.54. The maximum atomic E-state index is 12.2. The summed E-state index contributed by atoms with van der Waals surface area (Å²) in [5.41, 5.74) is 2.90. The highest BCUT2D eigenvalue weighted by molar-refractivity contribution is 6.07. The van der Waals surface area contributed by atoms with E-state index in [4.69, 9.17) is 19.6 Å². The average Bonchev–Trinajstić information content (AvgIpc) is 3.24. The van der Waals surface area contributed by atoms with Crippen LogP contribution in [-0.4, -0.2) is 47.3 Å². The first kappa shape index (κ1) is 22.9. The standard InChI is InChI=1S/C21H18N2O10/c1-30-13-7-9(14-15(19(25)26)17(22)23-18(24)16(14)20(27)28)3-5-11(13)32-8-10-4-6-12(33-10)21(29)31-2/h3-7H,8H2,1-2H3,(H,25,26)(H,27,28)(H3,22,23,24). The van der Waals surface area contributed by atoms with Gasteiger partial charge in [0.25, 0.3) is 5.56 Å². The summed E-state index contributed by atoms with van der Waals surface area (Å²) in [6, 6.07) is 7.00. The number of furan rings is 1. The van der Waals surface area contributed by atoms with Crippen molar-refractivity contribution in [2.45, 2.75) is 6.61 Å². The van der Waals surface area contributed by atoms with E-state index < -0.39 is 40.4 Å². The van der Waals surface area contributed by atoms with Gasteiger partial charge in [0.2, 0.25) is 5.76 Å². The molecule has 12 nitrogen and oxygen atoms in total. The SMILES string of the molecule is COC(=O)c1ccc(COc2ccc(-c3c(C(=O)O)c(N)[nH]c(=O)c3C(=O)O)cc2OC)o1. The summed E-state index contributed by atoms with van der Waals surface area (Å²) in [6.45, 7) is -0.0919. The molecule has 0 bridgehead atoms. The Hall–Kier alpha value is -4.74. The number of nitrogen functional groups attached to an aromatic ring is 1. The smallest absolute Gasteiger partial charge is 0.373 e. The summed E-state index contributed by atoms with van der Waals surface area (Å²) < 4.78 is 20.8. The summed E-state index contributed by atoms with van der Waals surface area (Å²) >= 11 is 0. The summed E-state index contributed by atoms with van der Waals surface area (Å²) in [7, 11) is 2.53. The summed E-state index contributed by atoms with van der Waals surface area (Å²) in [6.07, 6.45) is 0. The fourth-order valence-corrected chi connectivity index (χ4v) is 3.09. The van der Waals surface area contributed by atoms with Crippen LogP contribution < -0.4 is 20.8 Å². The van der Waals surface area contributed by atoms with Gasteiger partial charge in [0.1, 0.15) is 29.3 Å². The van der Waals surface area contributed by atoms with Crippen molar-refractivity contribution in [3.8, 4) is 22.6 Å². The largest absolute Gasteiger partial charge is 0.493 e. The van der Waals surface area contributed by atoms with Crippen molar-refractivity contribution in [2.24, 2.45) is 0 Å². The number of carboxylic acid groups (broad SMARTS) is 2. The Balaban J connectivity index is 2.02. The van der Waals surface area contributed by atoms with Gasteiger partial charge in [-0.15, -0.1) is 0 Å². The fraction of sp³-hybridized carbons (Fsp3) is 0.143. The number of aromatic nitrogens is 1. The molecule has 0 fully saturated rings. The normalized spacial score (nSPS) is 10.5. The number of methoxy groups -OCH3 is 2. The molecule has 0 saturated heterocycles. The highest BCUT2D eigenvalue weighted by Crippen LogP contribution is 2.36. The second-order valence-electron chi connectivity index (χ2n) is 6.51. The number of hydrogen-bond acceptors (Lipinski definition) is 9. The summed E-state index contributed by atoms with van der Waals surface area (Å²) in [4.78, 5) is 49.2. The fourth-order valence-electron chi connectivity index (χ4n) is 3.09. The first-order valence-corrected chi connectivity index (χ1v) is 9.18. The van der Waals surface area contributed by atoms with Crippen molar-refractivity contribution in [3.05, 3.63) is 63.3 Å². The molecule has 33 heavy (non-hydrogen) atoms. The maximum absolute atomic E-state index is 12.2. The Bertz CT molecular complexity index is 1300. The second-order valence-corrected chi connectivity index (χ2v) is 6.51. The van der Waals surface area contributed by atoms with Gasteiger partial charge in [-0.2, -0.15) is 0 Å². The van der Waals surface area contributed by atoms with E-state index in [0.29, 0.717) is 5.76 Å². The van der Waals surface area contributed by atoms with E-state index in [-0.39, 0.29) is 35.0 Å². The average molecular weight is 458 g/mol. The van der Waals surface area contributed by atoms with Crippen molar-refractivity contribution in [1.82, 2.24) is 4.98 Å². The molecular weight excluding hydrogens is 440 g/mol. The number of carbonyl (C=O) groups is 3. The van der Waals surface area contributed by atoms with Crippen molar-refractivity contribution < 1.29 is 43.2 Å². The molecule has 0 spiro atoms. The molecule has 0 aliphatic carbocycles. The number of nitrogens with one attached hydrogen (secondary N) is 1. The molecular formula is C21H18N2O10. The lowest BCUT2D eigenvalue weighted by Gasteiger charge is -2.15. The summed E-state index contributed by atoms with van der Waals surface area (Å²) in [5.74, 6) is -3.69. The van der Waals surface area contributed by atoms with E-state index in [1.165, 1.54) is 44.6 Å². The molecule has 2 aromatic heterocycles. The molecule has 0 unspecified atom stereocenters. The number of pyridine rings is 1. The molecule has 3 rings (SSSR count). The van der Waals surface area contributed by atoms with E-state index in [1.54, 1.807) is 0 Å². The molecule has 0 atom stereocenters. The maximum Gasteiger partial charge on any atom is 0.373 e. The molecule has 12 heteroatoms. The highest BCUT2D eigenvalue weighted by atomic mass is 16.5. The van der Waals surface area contributed by atoms with Crippen LogP contribution in [0.4, 0.5) is 5.82 Å². The molecule has 0 saturated carbocycles. The van der Waals surface area contributed by atoms with Crippen LogP contribution in [0.25, 0.3) is 11.1 Å². The molecule has 0 radical (unpaired) electrons. The topological polar surface area (TPSA) is 191 Å². The third-order valence-electron chi connectivity index (χ3n) is 4.54. The Labute approximate surface area is 185 Å². The first-order valence-electron chi connectivity index (χ1n) is 9.18. The predicted molar refractivity (Wildman–Crippen MR) is 112 cm³/mol.